The van der Waals surface area contributed by atoms with E-state index in [1.807, 2.05) is 0 Å². The first-order chi connectivity index (χ1) is 11.0. The van der Waals surface area contributed by atoms with Crippen molar-refractivity contribution in [1.29, 1.82) is 0 Å². The number of amides is 1. The molecule has 23 heavy (non-hydrogen) atoms. The van der Waals surface area contributed by atoms with E-state index in [9.17, 15) is 9.18 Å². The number of hydrogen-bond acceptors (Lipinski definition) is 3. The van der Waals surface area contributed by atoms with Crippen LogP contribution in [-0.4, -0.2) is 11.1 Å². The normalized spacial score (nSPS) is 17.8. The zero-order chi connectivity index (χ0) is 16.4. The molecule has 3 rings (SSSR count). The second kappa shape index (κ2) is 6.74. The van der Waals surface area contributed by atoms with Gasteiger partial charge in [0.05, 0.1) is 4.91 Å². The van der Waals surface area contributed by atoms with Gasteiger partial charge in [0, 0.05) is 10.0 Å². The van der Waals surface area contributed by atoms with E-state index in [0.29, 0.717) is 25.7 Å². The fraction of sp³-hybridized carbons (Fsp3) is 0. The molecule has 116 valence electrons. The number of nitrogens with zero attached hydrogens (tertiary/aromatic N) is 1. The standard InChI is InChI=1S/C16H9Cl2FN2OS/c17-10-6-5-9(11(18)8-10)7-14-15(22)21-16(23-14)20-13-4-2-1-3-12(13)19/h1-8H,(H,20,21,22). The molecular weight excluding hydrogens is 358 g/mol. The lowest BCUT2D eigenvalue weighted by Gasteiger charge is -1.99. The molecule has 0 aliphatic carbocycles. The van der Waals surface area contributed by atoms with Gasteiger partial charge >= 0.3 is 0 Å². The first-order valence-electron chi connectivity index (χ1n) is 6.52. The van der Waals surface area contributed by atoms with Crippen molar-refractivity contribution < 1.29 is 9.18 Å². The highest BCUT2D eigenvalue weighted by atomic mass is 35.5. The zero-order valence-corrected chi connectivity index (χ0v) is 13.8. The molecule has 1 aliphatic heterocycles. The van der Waals surface area contributed by atoms with Crippen LogP contribution in [0.4, 0.5) is 10.1 Å². The Morgan fingerprint density at radius 2 is 1.96 bits per heavy atom. The van der Waals surface area contributed by atoms with Gasteiger partial charge in [-0.05, 0) is 47.7 Å². The lowest BCUT2D eigenvalue weighted by molar-refractivity contribution is -0.115. The molecule has 0 atom stereocenters. The third-order valence-electron chi connectivity index (χ3n) is 2.97. The topological polar surface area (TPSA) is 41.5 Å². The van der Waals surface area contributed by atoms with Crippen LogP contribution >= 0.6 is 35.0 Å². The summed E-state index contributed by atoms with van der Waals surface area (Å²) < 4.78 is 13.6. The van der Waals surface area contributed by atoms with Crippen molar-refractivity contribution in [3.63, 3.8) is 0 Å². The SMILES string of the molecule is O=C1NC(=Nc2ccccc2F)SC1=Cc1ccc(Cl)cc1Cl. The number of halogens is 3. The summed E-state index contributed by atoms with van der Waals surface area (Å²) in [4.78, 5) is 16.5. The van der Waals surface area contributed by atoms with Crippen molar-refractivity contribution in [2.75, 3.05) is 0 Å². The molecule has 1 heterocycles. The summed E-state index contributed by atoms with van der Waals surface area (Å²) in [6.07, 6.45) is 1.64. The average molecular weight is 367 g/mol. The number of thioether (sulfide) groups is 1. The molecule has 1 aliphatic rings. The summed E-state index contributed by atoms with van der Waals surface area (Å²) in [5.41, 5.74) is 0.835. The first kappa shape index (κ1) is 16.1. The van der Waals surface area contributed by atoms with Gasteiger partial charge < -0.3 is 5.32 Å². The summed E-state index contributed by atoms with van der Waals surface area (Å²) in [6, 6.07) is 11.1. The molecular formula is C16H9Cl2FN2OS. The van der Waals surface area contributed by atoms with Crippen molar-refractivity contribution in [1.82, 2.24) is 5.32 Å². The first-order valence-corrected chi connectivity index (χ1v) is 8.09. The van der Waals surface area contributed by atoms with Gasteiger partial charge in [0.25, 0.3) is 5.91 Å². The van der Waals surface area contributed by atoms with Crippen molar-refractivity contribution in [2.24, 2.45) is 4.99 Å². The fourth-order valence-electron chi connectivity index (χ4n) is 1.89. The molecule has 1 saturated heterocycles. The number of rotatable bonds is 2. The van der Waals surface area contributed by atoms with E-state index in [1.54, 1.807) is 36.4 Å². The number of nitrogens with one attached hydrogen (secondary N) is 1. The van der Waals surface area contributed by atoms with Gasteiger partial charge in [-0.25, -0.2) is 9.38 Å². The number of carbonyl (C=O) groups excluding carboxylic acids is 1. The maximum absolute atomic E-state index is 13.6. The van der Waals surface area contributed by atoms with Crippen LogP contribution in [0, 0.1) is 5.82 Å². The molecule has 7 heteroatoms. The number of para-hydroxylation sites is 1. The van der Waals surface area contributed by atoms with Gasteiger partial charge in [0.15, 0.2) is 5.17 Å². The maximum Gasteiger partial charge on any atom is 0.264 e. The van der Waals surface area contributed by atoms with E-state index in [2.05, 4.69) is 10.3 Å². The van der Waals surface area contributed by atoms with Crippen molar-refractivity contribution in [3.8, 4) is 0 Å². The van der Waals surface area contributed by atoms with Crippen molar-refractivity contribution in [2.45, 2.75) is 0 Å². The summed E-state index contributed by atoms with van der Waals surface area (Å²) in [6.45, 7) is 0. The quantitative estimate of drug-likeness (QED) is 0.757. The van der Waals surface area contributed by atoms with Gasteiger partial charge in [0.2, 0.25) is 0 Å². The Bertz CT molecular complexity index is 852. The van der Waals surface area contributed by atoms with Crippen LogP contribution in [0.5, 0.6) is 0 Å². The smallest absolute Gasteiger partial charge is 0.264 e. The van der Waals surface area contributed by atoms with Gasteiger partial charge in [-0.1, -0.05) is 41.4 Å². The fourth-order valence-corrected chi connectivity index (χ4v) is 3.18. The third kappa shape index (κ3) is 3.75. The Balaban J connectivity index is 1.88. The van der Waals surface area contributed by atoms with Crippen LogP contribution in [-0.2, 0) is 4.79 Å². The Hall–Kier alpha value is -1.82. The van der Waals surface area contributed by atoms with E-state index < -0.39 is 5.82 Å². The molecule has 2 aromatic carbocycles. The monoisotopic (exact) mass is 366 g/mol. The third-order valence-corrected chi connectivity index (χ3v) is 4.45. The predicted molar refractivity (Wildman–Crippen MR) is 93.7 cm³/mol. The number of carbonyl (C=O) groups is 1. The number of hydrogen-bond donors (Lipinski definition) is 1. The Morgan fingerprint density at radius 1 is 1.17 bits per heavy atom. The Kier molecular flexibility index (Phi) is 4.71. The molecule has 1 N–H and O–H groups in total. The largest absolute Gasteiger partial charge is 0.300 e. The molecule has 0 bridgehead atoms. The van der Waals surface area contributed by atoms with Crippen LogP contribution in [0.15, 0.2) is 52.4 Å². The minimum absolute atomic E-state index is 0.168. The minimum Gasteiger partial charge on any atom is -0.300 e. The number of aliphatic imine (C=N–C) groups is 1. The highest BCUT2D eigenvalue weighted by Gasteiger charge is 2.24. The van der Waals surface area contributed by atoms with Crippen LogP contribution in [0.3, 0.4) is 0 Å². The van der Waals surface area contributed by atoms with E-state index in [1.165, 1.54) is 12.1 Å². The molecule has 0 aromatic heterocycles. The summed E-state index contributed by atoms with van der Waals surface area (Å²) >= 11 is 13.1. The van der Waals surface area contributed by atoms with Gasteiger partial charge in [-0.2, -0.15) is 0 Å². The van der Waals surface area contributed by atoms with E-state index in [-0.39, 0.29) is 11.6 Å². The summed E-state index contributed by atoms with van der Waals surface area (Å²) in [7, 11) is 0. The Morgan fingerprint density at radius 3 is 2.70 bits per heavy atom. The lowest BCUT2D eigenvalue weighted by Crippen LogP contribution is -2.19. The molecule has 1 amide bonds. The van der Waals surface area contributed by atoms with E-state index in [0.717, 1.165) is 11.8 Å². The van der Waals surface area contributed by atoms with Gasteiger partial charge in [0.1, 0.15) is 11.5 Å². The van der Waals surface area contributed by atoms with Gasteiger partial charge in [-0.15, -0.1) is 0 Å². The summed E-state index contributed by atoms with van der Waals surface area (Å²) in [5.74, 6) is -0.760. The summed E-state index contributed by atoms with van der Waals surface area (Å²) in [5, 5.41) is 3.88. The zero-order valence-electron chi connectivity index (χ0n) is 11.5. The molecule has 1 fully saturated rings. The van der Waals surface area contributed by atoms with Crippen LogP contribution in [0.2, 0.25) is 10.0 Å². The highest BCUT2D eigenvalue weighted by Crippen LogP contribution is 2.31. The molecule has 0 radical (unpaired) electrons. The predicted octanol–water partition coefficient (Wildman–Crippen LogP) is 5.02. The molecule has 3 nitrogen and oxygen atoms in total. The van der Waals surface area contributed by atoms with E-state index >= 15 is 0 Å². The van der Waals surface area contributed by atoms with Crippen molar-refractivity contribution >= 4 is 57.8 Å². The lowest BCUT2D eigenvalue weighted by atomic mass is 10.2. The second-order valence-corrected chi connectivity index (χ2v) is 6.47. The number of benzene rings is 2. The highest BCUT2D eigenvalue weighted by molar-refractivity contribution is 8.18. The molecule has 0 saturated carbocycles. The maximum atomic E-state index is 13.6. The minimum atomic E-state index is -0.451. The molecule has 0 spiro atoms. The van der Waals surface area contributed by atoms with Gasteiger partial charge in [-0.3, -0.25) is 4.79 Å². The van der Waals surface area contributed by atoms with Crippen LogP contribution in [0.1, 0.15) is 5.56 Å². The molecule has 0 unspecified atom stereocenters. The molecule has 2 aromatic rings. The van der Waals surface area contributed by atoms with E-state index in [4.69, 9.17) is 23.2 Å². The second-order valence-electron chi connectivity index (χ2n) is 4.60. The Labute approximate surface area is 146 Å². The van der Waals surface area contributed by atoms with Crippen LogP contribution < -0.4 is 5.32 Å². The van der Waals surface area contributed by atoms with Crippen molar-refractivity contribution in [3.05, 3.63) is 68.8 Å². The van der Waals surface area contributed by atoms with Crippen LogP contribution in [0.25, 0.3) is 6.08 Å². The number of amidine groups is 1. The average Bonchev–Trinajstić information content (AvgIpc) is 2.84.